The summed E-state index contributed by atoms with van der Waals surface area (Å²) in [6.07, 6.45) is 3.43. The highest BCUT2D eigenvalue weighted by Crippen LogP contribution is 2.02. The number of nitrogens with zero attached hydrogens (tertiary/aromatic N) is 1. The number of rotatable bonds is 14. The maximum atomic E-state index is 12.6. The lowest BCUT2D eigenvalue weighted by Gasteiger charge is -2.21. The summed E-state index contributed by atoms with van der Waals surface area (Å²) in [5, 5.41) is 25.4. The van der Waals surface area contributed by atoms with E-state index in [1.807, 2.05) is 0 Å². The van der Waals surface area contributed by atoms with E-state index in [1.54, 1.807) is 0 Å². The van der Waals surface area contributed by atoms with Gasteiger partial charge in [0.25, 0.3) is 0 Å². The molecule has 0 fully saturated rings. The number of aliphatic hydroxyl groups is 1. The lowest BCUT2D eigenvalue weighted by atomic mass is 10.1. The zero-order valence-corrected chi connectivity index (χ0v) is 17.3. The second-order valence-electron chi connectivity index (χ2n) is 7.07. The van der Waals surface area contributed by atoms with Gasteiger partial charge in [0, 0.05) is 18.3 Å². The molecule has 0 saturated carbocycles. The summed E-state index contributed by atoms with van der Waals surface area (Å²) in [5.41, 5.74) is 11.9. The number of aromatic amines is 1. The number of hydrogen-bond acceptors (Lipinski definition) is 8. The Morgan fingerprint density at radius 1 is 1.19 bits per heavy atom. The zero-order valence-electron chi connectivity index (χ0n) is 17.3. The Labute approximate surface area is 179 Å². The molecular formula is C18H31N7O6. The van der Waals surface area contributed by atoms with Crippen LogP contribution in [-0.4, -0.2) is 81.2 Å². The molecule has 0 aliphatic carbocycles. The number of nitrogens with one attached hydrogen (secondary N) is 4. The topological polar surface area (TPSA) is 226 Å². The van der Waals surface area contributed by atoms with E-state index < -0.39 is 54.5 Å². The smallest absolute Gasteiger partial charge is 0.328 e. The molecule has 0 saturated heterocycles. The monoisotopic (exact) mass is 441 g/mol. The van der Waals surface area contributed by atoms with Crippen molar-refractivity contribution < 1.29 is 29.4 Å². The van der Waals surface area contributed by atoms with Crippen molar-refractivity contribution >= 4 is 23.7 Å². The number of aliphatic hydroxyl groups excluding tert-OH is 1. The zero-order chi connectivity index (χ0) is 23.4. The minimum absolute atomic E-state index is 0.0696. The molecule has 4 atom stereocenters. The van der Waals surface area contributed by atoms with Gasteiger partial charge in [0.15, 0.2) is 6.04 Å². The van der Waals surface area contributed by atoms with Gasteiger partial charge in [0.05, 0.1) is 25.0 Å². The van der Waals surface area contributed by atoms with Crippen LogP contribution in [0.5, 0.6) is 0 Å². The van der Waals surface area contributed by atoms with E-state index in [0.717, 1.165) is 6.42 Å². The summed E-state index contributed by atoms with van der Waals surface area (Å²) in [7, 11) is 0. The fraction of sp³-hybridized carbons (Fsp3) is 0.611. The highest BCUT2D eigenvalue weighted by Gasteiger charge is 2.27. The third kappa shape index (κ3) is 9.55. The van der Waals surface area contributed by atoms with Crippen molar-refractivity contribution in [2.75, 3.05) is 13.1 Å². The van der Waals surface area contributed by atoms with E-state index in [9.17, 15) is 24.3 Å². The van der Waals surface area contributed by atoms with E-state index in [-0.39, 0.29) is 6.42 Å². The quantitative estimate of drug-likeness (QED) is 0.137. The van der Waals surface area contributed by atoms with Gasteiger partial charge in [0.1, 0.15) is 6.04 Å². The van der Waals surface area contributed by atoms with Crippen molar-refractivity contribution in [3.63, 3.8) is 0 Å². The normalized spacial score (nSPS) is 14.7. The van der Waals surface area contributed by atoms with Crippen LogP contribution in [-0.2, 0) is 25.6 Å². The summed E-state index contributed by atoms with van der Waals surface area (Å²) in [4.78, 5) is 54.6. The van der Waals surface area contributed by atoms with Crippen LogP contribution in [0.25, 0.3) is 0 Å². The number of carboxylic acid groups (broad SMARTS) is 1. The molecule has 0 aliphatic heterocycles. The molecule has 0 spiro atoms. The van der Waals surface area contributed by atoms with Crippen molar-refractivity contribution in [3.05, 3.63) is 18.2 Å². The SMILES string of the molecule is CC(O)C(NC(=O)CNC(=O)C(Cc1cnc[nH]1)NC(=O)C(N)CCCCN)C(=O)O. The van der Waals surface area contributed by atoms with Crippen LogP contribution in [0.1, 0.15) is 31.9 Å². The summed E-state index contributed by atoms with van der Waals surface area (Å²) in [6.45, 7) is 1.15. The summed E-state index contributed by atoms with van der Waals surface area (Å²) < 4.78 is 0. The molecular weight excluding hydrogens is 410 g/mol. The summed E-state index contributed by atoms with van der Waals surface area (Å²) >= 11 is 0. The number of carbonyl (C=O) groups excluding carboxylic acids is 3. The molecule has 0 aromatic carbocycles. The molecule has 31 heavy (non-hydrogen) atoms. The number of aliphatic carboxylic acids is 1. The molecule has 174 valence electrons. The molecule has 0 bridgehead atoms. The van der Waals surface area contributed by atoms with E-state index in [2.05, 4.69) is 25.9 Å². The fourth-order valence-corrected chi connectivity index (χ4v) is 2.65. The predicted octanol–water partition coefficient (Wildman–Crippen LogP) is -3.04. The number of hydrogen-bond donors (Lipinski definition) is 8. The highest BCUT2D eigenvalue weighted by molar-refractivity contribution is 5.92. The van der Waals surface area contributed by atoms with Gasteiger partial charge < -0.3 is 42.6 Å². The number of imidazole rings is 1. The van der Waals surface area contributed by atoms with Crippen LogP contribution in [0, 0.1) is 0 Å². The first kappa shape index (κ1) is 26.0. The standard InChI is InChI=1S/C18H31N7O6/c1-10(26)15(18(30)31)25-14(27)8-22-17(29)13(6-11-7-21-9-23-11)24-16(28)12(20)4-2-3-5-19/h7,9-10,12-13,15,26H,2-6,8,19-20H2,1H3,(H,21,23)(H,22,29)(H,24,28)(H,25,27)(H,30,31). The van der Waals surface area contributed by atoms with Crippen molar-refractivity contribution in [1.29, 1.82) is 0 Å². The average molecular weight is 441 g/mol. The summed E-state index contributed by atoms with van der Waals surface area (Å²) in [5.74, 6) is -3.42. The molecule has 10 N–H and O–H groups in total. The molecule has 1 aromatic heterocycles. The number of H-pyrrole nitrogens is 1. The molecule has 1 aromatic rings. The first-order valence-electron chi connectivity index (χ1n) is 9.86. The fourth-order valence-electron chi connectivity index (χ4n) is 2.65. The van der Waals surface area contributed by atoms with Gasteiger partial charge in [-0.2, -0.15) is 0 Å². The van der Waals surface area contributed by atoms with Crippen LogP contribution >= 0.6 is 0 Å². The predicted molar refractivity (Wildman–Crippen MR) is 109 cm³/mol. The first-order chi connectivity index (χ1) is 14.6. The van der Waals surface area contributed by atoms with Gasteiger partial charge in [-0.25, -0.2) is 9.78 Å². The van der Waals surface area contributed by atoms with Crippen molar-refractivity contribution in [3.8, 4) is 0 Å². The molecule has 0 aliphatic rings. The van der Waals surface area contributed by atoms with Crippen molar-refractivity contribution in [2.45, 2.75) is 56.8 Å². The lowest BCUT2D eigenvalue weighted by molar-refractivity contribution is -0.144. The second kappa shape index (κ2) is 13.3. The van der Waals surface area contributed by atoms with E-state index in [4.69, 9.17) is 16.6 Å². The molecule has 0 radical (unpaired) electrons. The van der Waals surface area contributed by atoms with Gasteiger partial charge in [-0.3, -0.25) is 14.4 Å². The Balaban J connectivity index is 2.70. The molecule has 13 nitrogen and oxygen atoms in total. The van der Waals surface area contributed by atoms with Crippen molar-refractivity contribution in [1.82, 2.24) is 25.9 Å². The molecule has 1 heterocycles. The van der Waals surface area contributed by atoms with E-state index >= 15 is 0 Å². The lowest BCUT2D eigenvalue weighted by Crippen LogP contribution is -2.55. The summed E-state index contributed by atoms with van der Waals surface area (Å²) in [6, 6.07) is -3.39. The van der Waals surface area contributed by atoms with Gasteiger partial charge >= 0.3 is 5.97 Å². The molecule has 3 amide bonds. The van der Waals surface area contributed by atoms with Crippen LogP contribution in [0.15, 0.2) is 12.5 Å². The Morgan fingerprint density at radius 2 is 1.90 bits per heavy atom. The molecule has 13 heteroatoms. The Hall–Kier alpha value is -3.03. The second-order valence-corrected chi connectivity index (χ2v) is 7.07. The van der Waals surface area contributed by atoms with E-state index in [1.165, 1.54) is 19.4 Å². The number of aromatic nitrogens is 2. The Bertz CT molecular complexity index is 725. The number of amides is 3. The molecule has 1 rings (SSSR count). The minimum atomic E-state index is -1.52. The van der Waals surface area contributed by atoms with Gasteiger partial charge in [-0.05, 0) is 26.3 Å². The van der Waals surface area contributed by atoms with Crippen LogP contribution in [0.4, 0.5) is 0 Å². The van der Waals surface area contributed by atoms with E-state index in [0.29, 0.717) is 25.1 Å². The Morgan fingerprint density at radius 3 is 2.45 bits per heavy atom. The maximum absolute atomic E-state index is 12.6. The van der Waals surface area contributed by atoms with Crippen molar-refractivity contribution in [2.24, 2.45) is 11.5 Å². The van der Waals surface area contributed by atoms with Gasteiger partial charge in [0.2, 0.25) is 17.7 Å². The largest absolute Gasteiger partial charge is 0.480 e. The maximum Gasteiger partial charge on any atom is 0.328 e. The third-order valence-electron chi connectivity index (χ3n) is 4.41. The Kier molecular flexibility index (Phi) is 11.2. The minimum Gasteiger partial charge on any atom is -0.480 e. The third-order valence-corrected chi connectivity index (χ3v) is 4.41. The number of carbonyl (C=O) groups is 4. The number of carboxylic acids is 1. The van der Waals surface area contributed by atoms with Gasteiger partial charge in [-0.1, -0.05) is 6.42 Å². The van der Waals surface area contributed by atoms with Crippen LogP contribution in [0.3, 0.4) is 0 Å². The average Bonchev–Trinajstić information content (AvgIpc) is 3.22. The van der Waals surface area contributed by atoms with Crippen LogP contribution < -0.4 is 27.4 Å². The van der Waals surface area contributed by atoms with Crippen LogP contribution in [0.2, 0.25) is 0 Å². The number of nitrogens with two attached hydrogens (primary N) is 2. The first-order valence-corrected chi connectivity index (χ1v) is 9.86. The van der Waals surface area contributed by atoms with Gasteiger partial charge in [-0.15, -0.1) is 0 Å². The number of unbranched alkanes of at least 4 members (excludes halogenated alkanes) is 1. The highest BCUT2D eigenvalue weighted by atomic mass is 16.4. The molecule has 4 unspecified atom stereocenters.